The number of unbranched alkanes of at least 4 members (excludes halogenated alkanes) is 5. The molecule has 1 saturated carbocycles. The van der Waals surface area contributed by atoms with Crippen LogP contribution in [0.5, 0.6) is 0 Å². The van der Waals surface area contributed by atoms with Crippen LogP contribution in [0.4, 0.5) is 0 Å². The first kappa shape index (κ1) is 24.0. The molecule has 4 unspecified atom stereocenters. The van der Waals surface area contributed by atoms with E-state index in [1.807, 2.05) is 0 Å². The number of rotatable bonds is 13. The fourth-order valence-corrected chi connectivity index (χ4v) is 6.40. The average molecular weight is 448 g/mol. The molecular formula is C21H34ClNO3S2. The minimum Gasteiger partial charge on any atom is -0.461 e. The highest BCUT2D eigenvalue weighted by atomic mass is 35.5. The van der Waals surface area contributed by atoms with E-state index < -0.39 is 0 Å². The second-order valence-electron chi connectivity index (χ2n) is 7.56. The lowest BCUT2D eigenvalue weighted by molar-refractivity contribution is 0.0520. The van der Waals surface area contributed by atoms with Crippen molar-refractivity contribution in [1.82, 2.24) is 4.98 Å². The highest BCUT2D eigenvalue weighted by molar-refractivity contribution is 8.01. The molecule has 160 valence electrons. The Labute approximate surface area is 182 Å². The van der Waals surface area contributed by atoms with Crippen molar-refractivity contribution in [2.75, 3.05) is 12.4 Å². The number of hydrogen-bond donors (Lipinski definition) is 1. The summed E-state index contributed by atoms with van der Waals surface area (Å²) in [4.78, 5) is 16.1. The second-order valence-corrected chi connectivity index (χ2v) is 10.3. The number of thioether (sulfide) groups is 1. The van der Waals surface area contributed by atoms with Crippen molar-refractivity contribution in [1.29, 1.82) is 0 Å². The first-order valence-corrected chi connectivity index (χ1v) is 12.9. The summed E-state index contributed by atoms with van der Waals surface area (Å²) in [6.45, 7) is 4.39. The zero-order chi connectivity index (χ0) is 20.4. The zero-order valence-corrected chi connectivity index (χ0v) is 19.5. The van der Waals surface area contributed by atoms with Crippen LogP contribution < -0.4 is 0 Å². The molecule has 0 amide bonds. The number of thiazole rings is 1. The third-order valence-corrected chi connectivity index (χ3v) is 8.07. The van der Waals surface area contributed by atoms with Gasteiger partial charge in [0.2, 0.25) is 0 Å². The number of carbonyl (C=O) groups is 1. The number of hydrogen-bond acceptors (Lipinski definition) is 6. The second kappa shape index (κ2) is 13.1. The quantitative estimate of drug-likeness (QED) is 0.170. The molecule has 0 aliphatic heterocycles. The maximum atomic E-state index is 11.7. The minimum atomic E-state index is -0.357. The summed E-state index contributed by atoms with van der Waals surface area (Å²) in [7, 11) is 0. The van der Waals surface area contributed by atoms with Crippen LogP contribution in [0.3, 0.4) is 0 Å². The summed E-state index contributed by atoms with van der Waals surface area (Å²) in [6, 6.07) is 0. The Bertz CT molecular complexity index is 584. The predicted octanol–water partition coefficient (Wildman–Crippen LogP) is 6.16. The van der Waals surface area contributed by atoms with Gasteiger partial charge in [-0.2, -0.15) is 0 Å². The summed E-state index contributed by atoms with van der Waals surface area (Å²) in [5, 5.41) is 12.3. The Kier molecular flexibility index (Phi) is 11.2. The topological polar surface area (TPSA) is 59.4 Å². The van der Waals surface area contributed by atoms with E-state index in [0.29, 0.717) is 30.6 Å². The molecule has 1 aliphatic carbocycles. The highest BCUT2D eigenvalue weighted by Gasteiger charge is 2.40. The number of aliphatic hydroxyl groups excluding tert-OH is 1. The van der Waals surface area contributed by atoms with Crippen LogP contribution >= 0.6 is 34.7 Å². The standard InChI is InChI=1S/C21H34ClNO3S2/c1-3-5-6-7-8-9-10-16-15(17(22)13-19(16)24)11-12-27-21-23-18(14-28-21)20(25)26-4-2/h14-17,19,24H,3-13H2,1-2H3. The molecule has 1 N–H and O–H groups in total. The molecule has 28 heavy (non-hydrogen) atoms. The van der Waals surface area contributed by atoms with Gasteiger partial charge in [-0.25, -0.2) is 9.78 Å². The first-order valence-electron chi connectivity index (χ1n) is 10.6. The Morgan fingerprint density at radius 1 is 1.25 bits per heavy atom. The van der Waals surface area contributed by atoms with Crippen molar-refractivity contribution in [2.24, 2.45) is 11.8 Å². The molecule has 1 aliphatic rings. The number of halogens is 1. The van der Waals surface area contributed by atoms with Crippen LogP contribution in [0, 0.1) is 11.8 Å². The molecule has 4 nitrogen and oxygen atoms in total. The van der Waals surface area contributed by atoms with Crippen molar-refractivity contribution in [3.63, 3.8) is 0 Å². The average Bonchev–Trinajstić information content (AvgIpc) is 3.24. The van der Waals surface area contributed by atoms with Gasteiger partial charge in [0.1, 0.15) is 0 Å². The summed E-state index contributed by atoms with van der Waals surface area (Å²) in [5.41, 5.74) is 0.391. The van der Waals surface area contributed by atoms with Crippen molar-refractivity contribution in [2.45, 2.75) is 87.5 Å². The van der Waals surface area contributed by atoms with Crippen molar-refractivity contribution < 1.29 is 14.6 Å². The molecule has 1 fully saturated rings. The SMILES string of the molecule is CCCCCCCCC1C(O)CC(Cl)C1CCSc1nc(C(=O)OCC)cs1. The van der Waals surface area contributed by atoms with Gasteiger partial charge >= 0.3 is 5.97 Å². The number of nitrogens with zero attached hydrogens (tertiary/aromatic N) is 1. The monoisotopic (exact) mass is 447 g/mol. The lowest BCUT2D eigenvalue weighted by Crippen LogP contribution is -2.21. The van der Waals surface area contributed by atoms with Crippen molar-refractivity contribution in [3.8, 4) is 0 Å². The van der Waals surface area contributed by atoms with E-state index in [1.165, 1.54) is 49.9 Å². The number of aromatic nitrogens is 1. The Morgan fingerprint density at radius 2 is 2.00 bits per heavy atom. The van der Waals surface area contributed by atoms with Crippen LogP contribution in [-0.2, 0) is 4.74 Å². The maximum Gasteiger partial charge on any atom is 0.357 e. The van der Waals surface area contributed by atoms with Gasteiger partial charge in [-0.3, -0.25) is 0 Å². The van der Waals surface area contributed by atoms with E-state index in [-0.39, 0.29) is 17.5 Å². The first-order chi connectivity index (χ1) is 13.6. The summed E-state index contributed by atoms with van der Waals surface area (Å²) in [6.07, 6.45) is 10.2. The smallest absolute Gasteiger partial charge is 0.357 e. The van der Waals surface area contributed by atoms with Gasteiger partial charge in [0.25, 0.3) is 0 Å². The number of esters is 1. The fraction of sp³-hybridized carbons (Fsp3) is 0.810. The molecule has 0 radical (unpaired) electrons. The van der Waals surface area contributed by atoms with E-state index in [1.54, 1.807) is 24.1 Å². The molecule has 0 bridgehead atoms. The summed E-state index contributed by atoms with van der Waals surface area (Å²) in [5.74, 6) is 1.23. The van der Waals surface area contributed by atoms with Crippen LogP contribution in [-0.4, -0.2) is 39.9 Å². The number of carbonyl (C=O) groups excluding carboxylic acids is 1. The van der Waals surface area contributed by atoms with E-state index in [4.69, 9.17) is 16.3 Å². The van der Waals surface area contributed by atoms with Crippen LogP contribution in [0.2, 0.25) is 0 Å². The van der Waals surface area contributed by atoms with Gasteiger partial charge in [-0.05, 0) is 38.0 Å². The molecule has 1 aromatic heterocycles. The maximum absolute atomic E-state index is 11.7. The Balaban J connectivity index is 1.75. The molecular weight excluding hydrogens is 414 g/mol. The van der Waals surface area contributed by atoms with E-state index >= 15 is 0 Å². The van der Waals surface area contributed by atoms with E-state index in [2.05, 4.69) is 11.9 Å². The largest absolute Gasteiger partial charge is 0.461 e. The lowest BCUT2D eigenvalue weighted by atomic mass is 9.87. The van der Waals surface area contributed by atoms with Gasteiger partial charge in [0, 0.05) is 16.5 Å². The Hall–Kier alpha value is -0.300. The lowest BCUT2D eigenvalue weighted by Gasteiger charge is -2.23. The fourth-order valence-electron chi connectivity index (χ4n) is 4.00. The molecule has 2 rings (SSSR count). The van der Waals surface area contributed by atoms with E-state index in [0.717, 1.165) is 22.9 Å². The van der Waals surface area contributed by atoms with Crippen LogP contribution in [0.1, 0.15) is 82.1 Å². The van der Waals surface area contributed by atoms with Gasteiger partial charge in [0.15, 0.2) is 10.0 Å². The Morgan fingerprint density at radius 3 is 2.75 bits per heavy atom. The number of aliphatic hydroxyl groups is 1. The highest BCUT2D eigenvalue weighted by Crippen LogP contribution is 2.42. The summed E-state index contributed by atoms with van der Waals surface area (Å²) >= 11 is 9.71. The van der Waals surface area contributed by atoms with Crippen LogP contribution in [0.15, 0.2) is 9.72 Å². The summed E-state index contributed by atoms with van der Waals surface area (Å²) < 4.78 is 5.88. The van der Waals surface area contributed by atoms with Gasteiger partial charge in [0.05, 0.1) is 12.7 Å². The van der Waals surface area contributed by atoms with E-state index in [9.17, 15) is 9.90 Å². The number of alkyl halides is 1. The van der Waals surface area contributed by atoms with Gasteiger partial charge in [-0.15, -0.1) is 22.9 Å². The minimum absolute atomic E-state index is 0.0621. The zero-order valence-electron chi connectivity index (χ0n) is 17.1. The molecule has 0 saturated heterocycles. The number of ether oxygens (including phenoxy) is 1. The normalized spacial score (nSPS) is 24.6. The molecule has 1 aromatic rings. The molecule has 4 atom stereocenters. The third kappa shape index (κ3) is 7.51. The molecule has 1 heterocycles. The van der Waals surface area contributed by atoms with Gasteiger partial charge < -0.3 is 9.84 Å². The third-order valence-electron chi connectivity index (χ3n) is 5.51. The van der Waals surface area contributed by atoms with Gasteiger partial charge in [-0.1, -0.05) is 57.2 Å². The predicted molar refractivity (Wildman–Crippen MR) is 119 cm³/mol. The molecule has 0 aromatic carbocycles. The molecule has 0 spiro atoms. The van der Waals surface area contributed by atoms with Crippen molar-refractivity contribution in [3.05, 3.63) is 11.1 Å². The molecule has 7 heteroatoms. The van der Waals surface area contributed by atoms with Crippen molar-refractivity contribution >= 4 is 40.7 Å². The van der Waals surface area contributed by atoms with Crippen LogP contribution in [0.25, 0.3) is 0 Å².